The van der Waals surface area contributed by atoms with Crippen LogP contribution in [0.2, 0.25) is 0 Å². The largest absolute Gasteiger partial charge is 0.460 e. The highest BCUT2D eigenvalue weighted by atomic mass is 32.1. The van der Waals surface area contributed by atoms with E-state index in [1.807, 2.05) is 48.5 Å². The van der Waals surface area contributed by atoms with Crippen LogP contribution in [0.5, 0.6) is 0 Å². The molecule has 4 N–H and O–H groups in total. The molecule has 1 fully saturated rings. The summed E-state index contributed by atoms with van der Waals surface area (Å²) < 4.78 is 10.7. The maximum atomic E-state index is 12.8. The molecule has 3 aromatic rings. The van der Waals surface area contributed by atoms with Crippen molar-refractivity contribution in [3.63, 3.8) is 0 Å². The van der Waals surface area contributed by atoms with Crippen molar-refractivity contribution in [1.82, 2.24) is 20.9 Å². The van der Waals surface area contributed by atoms with Crippen LogP contribution in [-0.4, -0.2) is 71.7 Å². The van der Waals surface area contributed by atoms with Gasteiger partial charge in [-0.25, -0.2) is 9.78 Å². The van der Waals surface area contributed by atoms with Crippen LogP contribution in [0.3, 0.4) is 0 Å². The number of fused-ring (bicyclic) bond motifs is 3. The summed E-state index contributed by atoms with van der Waals surface area (Å²) in [6, 6.07) is 15.4. The molecular weight excluding hydrogens is 610 g/mol. The number of ketones is 1. The number of nitrogens with zero attached hydrogens (tertiary/aromatic N) is 1. The SMILES string of the molecule is CC(C)(C)OC(=O)Cc1nc(C(=N)C(=O)C[C@@H]2C(=O)N[C@@H]2CNC(=O)CNC(=O)OCC2c3ccccc3-c3ccccc32)cs1. The van der Waals surface area contributed by atoms with Gasteiger partial charge < -0.3 is 25.4 Å². The maximum absolute atomic E-state index is 12.8. The van der Waals surface area contributed by atoms with E-state index in [-0.39, 0.29) is 55.8 Å². The first-order chi connectivity index (χ1) is 21.9. The molecule has 2 aromatic carbocycles. The minimum absolute atomic E-state index is 0.0406. The van der Waals surface area contributed by atoms with E-state index in [1.165, 1.54) is 5.38 Å². The second kappa shape index (κ2) is 13.6. The number of thiazole rings is 1. The number of β-lactam (4-membered cyclic amide) rings is 1. The Bertz CT molecular complexity index is 1650. The topological polar surface area (TPSA) is 177 Å². The molecule has 2 atom stereocenters. The Morgan fingerprint density at radius 2 is 1.65 bits per heavy atom. The van der Waals surface area contributed by atoms with Gasteiger partial charge in [0.15, 0.2) is 5.78 Å². The summed E-state index contributed by atoms with van der Waals surface area (Å²) >= 11 is 1.14. The number of Topliss-reactive ketones (excluding diaryl/α,β-unsaturated/α-hetero) is 1. The van der Waals surface area contributed by atoms with Crippen LogP contribution in [0.15, 0.2) is 53.9 Å². The fourth-order valence-electron chi connectivity index (χ4n) is 5.45. The van der Waals surface area contributed by atoms with Crippen LogP contribution in [0.1, 0.15) is 54.9 Å². The van der Waals surface area contributed by atoms with Crippen molar-refractivity contribution in [2.45, 2.75) is 51.2 Å². The number of nitrogens with one attached hydrogen (secondary N) is 4. The number of carbonyl (C=O) groups excluding carboxylic acids is 5. The number of amides is 3. The second-order valence-electron chi connectivity index (χ2n) is 12.1. The molecule has 2 aliphatic rings. The van der Waals surface area contributed by atoms with Crippen molar-refractivity contribution in [3.8, 4) is 11.1 Å². The first kappa shape index (κ1) is 32.5. The van der Waals surface area contributed by atoms with Gasteiger partial charge in [-0.15, -0.1) is 11.3 Å². The van der Waals surface area contributed by atoms with E-state index in [1.54, 1.807) is 20.8 Å². The van der Waals surface area contributed by atoms with E-state index in [0.717, 1.165) is 33.6 Å². The molecular formula is C33H35N5O7S. The summed E-state index contributed by atoms with van der Waals surface area (Å²) in [6.07, 6.45) is -1.04. The first-order valence-corrected chi connectivity index (χ1v) is 15.7. The Balaban J connectivity index is 1.03. The van der Waals surface area contributed by atoms with Gasteiger partial charge in [-0.1, -0.05) is 48.5 Å². The lowest BCUT2D eigenvalue weighted by molar-refractivity contribution is -0.154. The van der Waals surface area contributed by atoms with Gasteiger partial charge in [0.25, 0.3) is 0 Å². The van der Waals surface area contributed by atoms with E-state index in [9.17, 15) is 24.0 Å². The standard InChI is InChI=1S/C33H35N5O7S/c1-33(2,3)45-29(41)13-28-37-25(17-46-28)30(34)26(39)12-22-24(38-31(22)42)14-35-27(40)15-36-32(43)44-16-23-20-10-6-4-8-18(20)19-9-5-7-11-21(19)23/h4-11,17,22-24,34H,12-16H2,1-3H3,(H,35,40)(H,36,43)(H,38,42)/t22-,24+/m0/s1. The summed E-state index contributed by atoms with van der Waals surface area (Å²) in [6.45, 7) is 5.09. The van der Waals surface area contributed by atoms with Gasteiger partial charge in [-0.3, -0.25) is 24.6 Å². The summed E-state index contributed by atoms with van der Waals surface area (Å²) in [5, 5.41) is 17.9. The van der Waals surface area contributed by atoms with Crippen molar-refractivity contribution in [2.24, 2.45) is 5.92 Å². The number of esters is 1. The third-order valence-electron chi connectivity index (χ3n) is 7.61. The average molecular weight is 646 g/mol. The number of hydrogen-bond acceptors (Lipinski definition) is 10. The minimum atomic E-state index is -0.733. The van der Waals surface area contributed by atoms with E-state index in [0.29, 0.717) is 5.01 Å². The molecule has 1 aliphatic heterocycles. The zero-order valence-electron chi connectivity index (χ0n) is 25.7. The Morgan fingerprint density at radius 3 is 2.28 bits per heavy atom. The zero-order chi connectivity index (χ0) is 33.0. The van der Waals surface area contributed by atoms with Gasteiger partial charge in [0.05, 0.1) is 24.9 Å². The third kappa shape index (κ3) is 7.65. The summed E-state index contributed by atoms with van der Waals surface area (Å²) in [4.78, 5) is 66.0. The molecule has 0 unspecified atom stereocenters. The molecule has 3 amide bonds. The van der Waals surface area contributed by atoms with Crippen molar-refractivity contribution >= 4 is 46.7 Å². The number of alkyl carbamates (subject to hydrolysis) is 1. The van der Waals surface area contributed by atoms with Gasteiger partial charge >= 0.3 is 12.1 Å². The number of rotatable bonds is 12. The molecule has 0 spiro atoms. The quantitative estimate of drug-likeness (QED) is 0.132. The highest BCUT2D eigenvalue weighted by molar-refractivity contribution is 7.10. The van der Waals surface area contributed by atoms with Crippen LogP contribution < -0.4 is 16.0 Å². The van der Waals surface area contributed by atoms with Gasteiger partial charge in [0, 0.05) is 24.3 Å². The van der Waals surface area contributed by atoms with Crippen molar-refractivity contribution in [3.05, 3.63) is 75.7 Å². The molecule has 5 rings (SSSR count). The van der Waals surface area contributed by atoms with Crippen molar-refractivity contribution < 1.29 is 33.4 Å². The normalized spacial score (nSPS) is 16.7. The summed E-state index contributed by atoms with van der Waals surface area (Å²) in [5.41, 5.74) is 3.50. The Morgan fingerprint density at radius 1 is 1.00 bits per heavy atom. The van der Waals surface area contributed by atoms with Crippen molar-refractivity contribution in [1.29, 1.82) is 5.41 Å². The van der Waals surface area contributed by atoms with E-state index in [2.05, 4.69) is 20.9 Å². The van der Waals surface area contributed by atoms with E-state index in [4.69, 9.17) is 14.9 Å². The number of aromatic nitrogens is 1. The second-order valence-corrected chi connectivity index (χ2v) is 13.0. The maximum Gasteiger partial charge on any atom is 0.407 e. The lowest BCUT2D eigenvalue weighted by Crippen LogP contribution is -2.63. The molecule has 12 nitrogen and oxygen atoms in total. The number of carbonyl (C=O) groups is 5. The first-order valence-electron chi connectivity index (χ1n) is 14.8. The molecule has 46 heavy (non-hydrogen) atoms. The fourth-order valence-corrected chi connectivity index (χ4v) is 6.22. The Labute approximate surface area is 269 Å². The highest BCUT2D eigenvalue weighted by Gasteiger charge is 2.41. The molecule has 1 aliphatic carbocycles. The fraction of sp³-hybridized carbons (Fsp3) is 0.364. The minimum Gasteiger partial charge on any atom is -0.460 e. The van der Waals surface area contributed by atoms with E-state index >= 15 is 0 Å². The molecule has 2 heterocycles. The van der Waals surface area contributed by atoms with Crippen LogP contribution >= 0.6 is 11.3 Å². The van der Waals surface area contributed by atoms with E-state index < -0.39 is 41.3 Å². The summed E-state index contributed by atoms with van der Waals surface area (Å²) in [7, 11) is 0. The molecule has 0 saturated carbocycles. The highest BCUT2D eigenvalue weighted by Crippen LogP contribution is 2.44. The predicted octanol–water partition coefficient (Wildman–Crippen LogP) is 3.12. The van der Waals surface area contributed by atoms with Crippen LogP contribution in [0.25, 0.3) is 11.1 Å². The molecule has 1 saturated heterocycles. The molecule has 240 valence electrons. The Hall–Kier alpha value is -4.91. The molecule has 0 radical (unpaired) electrons. The Kier molecular flexibility index (Phi) is 9.61. The van der Waals surface area contributed by atoms with Gasteiger partial charge in [0.2, 0.25) is 11.8 Å². The van der Waals surface area contributed by atoms with Crippen LogP contribution in [0.4, 0.5) is 4.79 Å². The van der Waals surface area contributed by atoms with Crippen LogP contribution in [-0.2, 0) is 35.1 Å². The molecule has 0 bridgehead atoms. The third-order valence-corrected chi connectivity index (χ3v) is 8.46. The zero-order valence-corrected chi connectivity index (χ0v) is 26.5. The lowest BCUT2D eigenvalue weighted by atomic mass is 9.85. The van der Waals surface area contributed by atoms with Crippen molar-refractivity contribution in [2.75, 3.05) is 19.7 Å². The molecule has 13 heteroatoms. The van der Waals surface area contributed by atoms with Gasteiger partial charge in [0.1, 0.15) is 28.6 Å². The number of ether oxygens (including phenoxy) is 2. The number of benzene rings is 2. The average Bonchev–Trinajstić information content (AvgIpc) is 3.60. The summed E-state index contributed by atoms with van der Waals surface area (Å²) in [5.74, 6) is -2.74. The predicted molar refractivity (Wildman–Crippen MR) is 170 cm³/mol. The van der Waals surface area contributed by atoms with Gasteiger partial charge in [-0.05, 0) is 43.0 Å². The smallest absolute Gasteiger partial charge is 0.407 e. The number of hydrogen-bond donors (Lipinski definition) is 4. The van der Waals surface area contributed by atoms with Gasteiger partial charge in [-0.2, -0.15) is 0 Å². The monoisotopic (exact) mass is 645 g/mol. The molecule has 1 aromatic heterocycles. The lowest BCUT2D eigenvalue weighted by Gasteiger charge is -2.36. The van der Waals surface area contributed by atoms with Crippen LogP contribution in [0, 0.1) is 11.3 Å².